The molecule has 2 heterocycles. The number of rotatable bonds is 4. The molecule has 0 amide bonds. The second kappa shape index (κ2) is 4.27. The van der Waals surface area contributed by atoms with Crippen molar-refractivity contribution < 1.29 is 14.3 Å². The molecule has 17 heavy (non-hydrogen) atoms. The average molecular weight is 240 g/mol. The number of hydrogen-bond acceptors (Lipinski definition) is 3. The van der Waals surface area contributed by atoms with Gasteiger partial charge in [-0.3, -0.25) is 4.79 Å². The van der Waals surface area contributed by atoms with Gasteiger partial charge in [-0.15, -0.1) is 0 Å². The number of carbonyl (C=O) groups is 1. The van der Waals surface area contributed by atoms with E-state index in [1.54, 1.807) is 0 Å². The number of carbonyl (C=O) groups excluding carboxylic acids is 1. The third-order valence-electron chi connectivity index (χ3n) is 4.60. The summed E-state index contributed by atoms with van der Waals surface area (Å²) in [6.45, 7) is 7.93. The second-order valence-corrected chi connectivity index (χ2v) is 6.05. The highest BCUT2D eigenvalue weighted by Gasteiger charge is 2.57. The van der Waals surface area contributed by atoms with E-state index in [4.69, 9.17) is 9.47 Å². The van der Waals surface area contributed by atoms with Gasteiger partial charge in [0.05, 0.1) is 12.0 Å². The lowest BCUT2D eigenvalue weighted by molar-refractivity contribution is -0.190. The van der Waals surface area contributed by atoms with Crippen molar-refractivity contribution in [2.45, 2.75) is 77.1 Å². The smallest absolute Gasteiger partial charge is 0.309 e. The highest BCUT2D eigenvalue weighted by Crippen LogP contribution is 2.50. The van der Waals surface area contributed by atoms with Gasteiger partial charge in [0.1, 0.15) is 11.2 Å². The minimum Gasteiger partial charge on any atom is -0.456 e. The fourth-order valence-electron chi connectivity index (χ4n) is 2.97. The molecule has 2 aliphatic heterocycles. The summed E-state index contributed by atoms with van der Waals surface area (Å²) in [5.41, 5.74) is -0.723. The predicted molar refractivity (Wildman–Crippen MR) is 65.7 cm³/mol. The monoisotopic (exact) mass is 240 g/mol. The Morgan fingerprint density at radius 3 is 2.47 bits per heavy atom. The van der Waals surface area contributed by atoms with Crippen LogP contribution in [-0.2, 0) is 14.3 Å². The Balaban J connectivity index is 2.06. The Morgan fingerprint density at radius 1 is 1.47 bits per heavy atom. The Labute approximate surface area is 104 Å². The molecule has 0 saturated carbocycles. The van der Waals surface area contributed by atoms with Crippen molar-refractivity contribution in [3.63, 3.8) is 0 Å². The normalized spacial score (nSPS) is 33.8. The maximum absolute atomic E-state index is 11.9. The van der Waals surface area contributed by atoms with Crippen LogP contribution in [0, 0.1) is 5.92 Å². The SMILES string of the molecule is CCC(C)C(=O)OC(C)(C)C12CCC(CC1)O2. The zero-order valence-electron chi connectivity index (χ0n) is 11.4. The van der Waals surface area contributed by atoms with Crippen molar-refractivity contribution in [1.29, 1.82) is 0 Å². The molecule has 0 N–H and O–H groups in total. The van der Waals surface area contributed by atoms with Crippen LogP contribution in [0.15, 0.2) is 0 Å². The van der Waals surface area contributed by atoms with Gasteiger partial charge < -0.3 is 9.47 Å². The molecule has 3 heteroatoms. The molecule has 2 bridgehead atoms. The molecule has 0 aromatic carbocycles. The molecule has 0 aromatic heterocycles. The Bertz CT molecular complexity index is 301. The van der Waals surface area contributed by atoms with Crippen LogP contribution in [0.2, 0.25) is 0 Å². The van der Waals surface area contributed by atoms with Crippen molar-refractivity contribution in [2.24, 2.45) is 5.92 Å². The largest absolute Gasteiger partial charge is 0.456 e. The van der Waals surface area contributed by atoms with Crippen molar-refractivity contribution in [2.75, 3.05) is 0 Å². The summed E-state index contributed by atoms with van der Waals surface area (Å²) >= 11 is 0. The van der Waals surface area contributed by atoms with Crippen molar-refractivity contribution in [3.8, 4) is 0 Å². The molecule has 2 saturated heterocycles. The van der Waals surface area contributed by atoms with Gasteiger partial charge in [-0.1, -0.05) is 13.8 Å². The fraction of sp³-hybridized carbons (Fsp3) is 0.929. The molecule has 0 aromatic rings. The van der Waals surface area contributed by atoms with Gasteiger partial charge >= 0.3 is 5.97 Å². The quantitative estimate of drug-likeness (QED) is 0.708. The highest BCUT2D eigenvalue weighted by atomic mass is 16.6. The minimum absolute atomic E-state index is 0.0238. The molecule has 0 radical (unpaired) electrons. The summed E-state index contributed by atoms with van der Waals surface area (Å²) in [7, 11) is 0. The topological polar surface area (TPSA) is 35.5 Å². The summed E-state index contributed by atoms with van der Waals surface area (Å²) in [5.74, 6) is -0.116. The summed E-state index contributed by atoms with van der Waals surface area (Å²) in [4.78, 5) is 11.9. The number of hydrogen-bond donors (Lipinski definition) is 0. The standard InChI is InChI=1S/C14H24O3/c1-5-10(2)12(15)17-13(3,4)14-8-6-11(16-14)7-9-14/h10-11H,5-9H2,1-4H3. The van der Waals surface area contributed by atoms with Gasteiger partial charge in [0.2, 0.25) is 0 Å². The van der Waals surface area contributed by atoms with Crippen LogP contribution in [0.1, 0.15) is 59.8 Å². The third-order valence-corrected chi connectivity index (χ3v) is 4.60. The molecule has 1 atom stereocenters. The van der Waals surface area contributed by atoms with Crippen LogP contribution in [0.5, 0.6) is 0 Å². The molecule has 98 valence electrons. The Kier molecular flexibility index (Phi) is 3.23. The summed E-state index contributed by atoms with van der Waals surface area (Å²) < 4.78 is 11.8. The van der Waals surface area contributed by atoms with E-state index in [-0.39, 0.29) is 17.5 Å². The number of esters is 1. The molecular weight excluding hydrogens is 216 g/mol. The molecule has 0 spiro atoms. The van der Waals surface area contributed by atoms with E-state index in [0.29, 0.717) is 6.10 Å². The summed E-state index contributed by atoms with van der Waals surface area (Å²) in [6.07, 6.45) is 5.51. The number of ether oxygens (including phenoxy) is 2. The summed E-state index contributed by atoms with van der Waals surface area (Å²) in [5, 5.41) is 0. The molecule has 1 unspecified atom stereocenters. The first-order valence-corrected chi connectivity index (χ1v) is 6.81. The lowest BCUT2D eigenvalue weighted by atomic mass is 9.77. The second-order valence-electron chi connectivity index (χ2n) is 6.05. The molecule has 0 aliphatic carbocycles. The van der Waals surface area contributed by atoms with E-state index < -0.39 is 5.60 Å². The molecule has 2 aliphatic rings. The van der Waals surface area contributed by atoms with E-state index in [0.717, 1.165) is 32.1 Å². The van der Waals surface area contributed by atoms with E-state index in [1.165, 1.54) is 0 Å². The van der Waals surface area contributed by atoms with Crippen LogP contribution in [0.4, 0.5) is 0 Å². The zero-order chi connectivity index (χ0) is 12.7. The van der Waals surface area contributed by atoms with Crippen LogP contribution < -0.4 is 0 Å². The van der Waals surface area contributed by atoms with Gasteiger partial charge in [0, 0.05) is 0 Å². The lowest BCUT2D eigenvalue weighted by Gasteiger charge is -2.41. The third kappa shape index (κ3) is 2.10. The predicted octanol–water partition coefficient (Wildman–Crippen LogP) is 3.07. The van der Waals surface area contributed by atoms with Crippen LogP contribution >= 0.6 is 0 Å². The fourth-order valence-corrected chi connectivity index (χ4v) is 2.97. The van der Waals surface area contributed by atoms with Crippen molar-refractivity contribution >= 4 is 5.97 Å². The maximum atomic E-state index is 11.9. The average Bonchev–Trinajstić information content (AvgIpc) is 2.88. The highest BCUT2D eigenvalue weighted by molar-refractivity contribution is 5.72. The minimum atomic E-state index is -0.501. The van der Waals surface area contributed by atoms with Crippen molar-refractivity contribution in [1.82, 2.24) is 0 Å². The first-order valence-electron chi connectivity index (χ1n) is 6.81. The zero-order valence-corrected chi connectivity index (χ0v) is 11.4. The maximum Gasteiger partial charge on any atom is 0.309 e. The van der Waals surface area contributed by atoms with Gasteiger partial charge in [-0.2, -0.15) is 0 Å². The summed E-state index contributed by atoms with van der Waals surface area (Å²) in [6, 6.07) is 0. The first kappa shape index (κ1) is 12.9. The van der Waals surface area contributed by atoms with E-state index in [1.807, 2.05) is 27.7 Å². The van der Waals surface area contributed by atoms with E-state index >= 15 is 0 Å². The molecule has 3 nitrogen and oxygen atoms in total. The van der Waals surface area contributed by atoms with Gasteiger partial charge in [0.15, 0.2) is 0 Å². The molecular formula is C14H24O3. The van der Waals surface area contributed by atoms with Crippen molar-refractivity contribution in [3.05, 3.63) is 0 Å². The lowest BCUT2D eigenvalue weighted by Crippen LogP contribution is -2.51. The van der Waals surface area contributed by atoms with Crippen LogP contribution in [0.3, 0.4) is 0 Å². The van der Waals surface area contributed by atoms with Crippen LogP contribution in [-0.4, -0.2) is 23.3 Å². The Morgan fingerprint density at radius 2 is 2.06 bits per heavy atom. The van der Waals surface area contributed by atoms with E-state index in [2.05, 4.69) is 0 Å². The molecule has 2 rings (SSSR count). The first-order chi connectivity index (χ1) is 7.90. The molecule has 2 fully saturated rings. The van der Waals surface area contributed by atoms with Gasteiger partial charge in [0.25, 0.3) is 0 Å². The Hall–Kier alpha value is -0.570. The van der Waals surface area contributed by atoms with Gasteiger partial charge in [-0.05, 0) is 46.0 Å². The number of fused-ring (bicyclic) bond motifs is 2. The van der Waals surface area contributed by atoms with Crippen LogP contribution in [0.25, 0.3) is 0 Å². The van der Waals surface area contributed by atoms with E-state index in [9.17, 15) is 4.79 Å². The van der Waals surface area contributed by atoms with Gasteiger partial charge in [-0.25, -0.2) is 0 Å².